The quantitative estimate of drug-likeness (QED) is 0.533. The average molecular weight is 298 g/mol. The number of ether oxygens (including phenoxy) is 1. The number of rotatable bonds is 2. The van der Waals surface area contributed by atoms with Crippen molar-refractivity contribution in [2.75, 3.05) is 0 Å². The highest BCUT2D eigenvalue weighted by atomic mass is 32.1. The van der Waals surface area contributed by atoms with E-state index in [1.165, 1.54) is 11.3 Å². The fourth-order valence-electron chi connectivity index (χ4n) is 2.23. The Balaban J connectivity index is 1.98. The van der Waals surface area contributed by atoms with Gasteiger partial charge in [-0.25, -0.2) is 14.2 Å². The van der Waals surface area contributed by atoms with E-state index in [4.69, 9.17) is 4.74 Å². The summed E-state index contributed by atoms with van der Waals surface area (Å²) in [6, 6.07) is 8.60. The minimum absolute atomic E-state index is 0.243. The van der Waals surface area contributed by atoms with E-state index in [2.05, 4.69) is 14.9 Å². The largest absolute Gasteiger partial charge is 0.386 e. The molecule has 0 saturated carbocycles. The van der Waals surface area contributed by atoms with Crippen LogP contribution in [0.2, 0.25) is 0 Å². The maximum Gasteiger partial charge on any atom is 0.348 e. The Kier molecular flexibility index (Phi) is 2.48. The van der Waals surface area contributed by atoms with E-state index >= 15 is 0 Å². The number of benzene rings is 1. The minimum Gasteiger partial charge on any atom is -0.386 e. The van der Waals surface area contributed by atoms with Gasteiger partial charge < -0.3 is 4.74 Å². The number of hydrogen-bond acceptors (Lipinski definition) is 7. The van der Waals surface area contributed by atoms with E-state index < -0.39 is 11.9 Å². The molecule has 0 unspecified atom stereocenters. The summed E-state index contributed by atoms with van der Waals surface area (Å²) in [5.74, 6) is -1.28. The van der Waals surface area contributed by atoms with E-state index in [0.29, 0.717) is 21.5 Å². The van der Waals surface area contributed by atoms with Crippen LogP contribution in [0.25, 0.3) is 22.2 Å². The number of fused-ring (bicyclic) bond motifs is 1. The Hall–Kier alpha value is -2.80. The molecule has 0 atom stereocenters. The Labute approximate surface area is 121 Å². The summed E-state index contributed by atoms with van der Waals surface area (Å²) in [7, 11) is 0. The molecule has 0 aliphatic carbocycles. The number of thiophene rings is 1. The van der Waals surface area contributed by atoms with Crippen LogP contribution in [0.15, 0.2) is 40.3 Å². The molecule has 0 spiro atoms. The lowest BCUT2D eigenvalue weighted by Gasteiger charge is -2.00. The summed E-state index contributed by atoms with van der Waals surface area (Å²) in [6.07, 6.45) is 0. The number of hydrogen-bond donors (Lipinski definition) is 0. The van der Waals surface area contributed by atoms with Crippen LogP contribution >= 0.6 is 11.3 Å². The first-order valence-corrected chi connectivity index (χ1v) is 6.89. The molecule has 21 heavy (non-hydrogen) atoms. The zero-order valence-corrected chi connectivity index (χ0v) is 11.2. The molecule has 0 radical (unpaired) electrons. The Morgan fingerprint density at radius 2 is 1.76 bits per heavy atom. The molecule has 0 saturated heterocycles. The molecule has 0 amide bonds. The Morgan fingerprint density at radius 1 is 0.952 bits per heavy atom. The van der Waals surface area contributed by atoms with Crippen LogP contribution in [0.1, 0.15) is 10.4 Å². The van der Waals surface area contributed by atoms with Gasteiger partial charge in [0.1, 0.15) is 11.0 Å². The number of cyclic esters (lactones) is 2. The molecule has 6 nitrogen and oxygen atoms in total. The number of carbonyl (C=O) groups excluding carboxylic acids is 2. The van der Waals surface area contributed by atoms with Crippen molar-refractivity contribution in [2.45, 2.75) is 0 Å². The second-order valence-electron chi connectivity index (χ2n) is 4.37. The number of carbonyl (C=O) groups is 2. The highest BCUT2D eigenvalue weighted by Gasteiger charge is 2.35. The Morgan fingerprint density at radius 3 is 2.57 bits per heavy atom. The maximum atomic E-state index is 12.0. The lowest BCUT2D eigenvalue weighted by molar-refractivity contribution is -0.149. The van der Waals surface area contributed by atoms with Crippen molar-refractivity contribution >= 4 is 45.5 Å². The standard InChI is InChI=1S/C14H6N2O4S/c17-13-11(7-3-4-8-9(6-7)16-20-15-8)12(14(18)19-13)10-2-1-5-21-10/h1-6H. The Bertz CT molecular complexity index is 908. The highest BCUT2D eigenvalue weighted by Crippen LogP contribution is 2.36. The number of aromatic nitrogens is 2. The molecule has 0 fully saturated rings. The van der Waals surface area contributed by atoms with Gasteiger partial charge in [0.15, 0.2) is 0 Å². The summed E-state index contributed by atoms with van der Waals surface area (Å²) in [5, 5.41) is 9.28. The zero-order chi connectivity index (χ0) is 14.4. The first kappa shape index (κ1) is 12.0. The number of nitrogens with zero attached hydrogens (tertiary/aromatic N) is 2. The normalized spacial score (nSPS) is 15.0. The van der Waals surface area contributed by atoms with Crippen molar-refractivity contribution in [2.24, 2.45) is 0 Å². The van der Waals surface area contributed by atoms with Crippen LogP contribution < -0.4 is 0 Å². The van der Waals surface area contributed by atoms with Crippen molar-refractivity contribution in [1.82, 2.24) is 10.3 Å². The minimum atomic E-state index is -0.654. The first-order valence-electron chi connectivity index (χ1n) is 6.01. The van der Waals surface area contributed by atoms with Crippen LogP contribution in [0, 0.1) is 0 Å². The molecule has 4 rings (SSSR count). The summed E-state index contributed by atoms with van der Waals surface area (Å²) in [6.45, 7) is 0. The molecule has 7 heteroatoms. The van der Waals surface area contributed by atoms with Gasteiger partial charge in [0.25, 0.3) is 0 Å². The van der Waals surface area contributed by atoms with Gasteiger partial charge in [0.05, 0.1) is 11.1 Å². The van der Waals surface area contributed by atoms with E-state index in [-0.39, 0.29) is 11.1 Å². The molecule has 1 aromatic carbocycles. The van der Waals surface area contributed by atoms with E-state index in [1.54, 1.807) is 24.3 Å². The van der Waals surface area contributed by atoms with Crippen LogP contribution in [0.5, 0.6) is 0 Å². The van der Waals surface area contributed by atoms with Crippen molar-refractivity contribution < 1.29 is 19.0 Å². The fourth-order valence-corrected chi connectivity index (χ4v) is 3.00. The third kappa shape index (κ3) is 1.78. The molecule has 0 bridgehead atoms. The molecule has 0 N–H and O–H groups in total. The third-order valence-electron chi connectivity index (χ3n) is 3.15. The molecule has 3 heterocycles. The predicted molar refractivity (Wildman–Crippen MR) is 74.0 cm³/mol. The zero-order valence-electron chi connectivity index (χ0n) is 10.4. The summed E-state index contributed by atoms with van der Waals surface area (Å²) < 4.78 is 9.39. The lowest BCUT2D eigenvalue weighted by atomic mass is 10.00. The van der Waals surface area contributed by atoms with Gasteiger partial charge in [-0.05, 0) is 39.5 Å². The molecular weight excluding hydrogens is 292 g/mol. The number of esters is 2. The van der Waals surface area contributed by atoms with Crippen LogP contribution in [0.3, 0.4) is 0 Å². The molecule has 2 aromatic heterocycles. The summed E-state index contributed by atoms with van der Waals surface area (Å²) in [5.41, 5.74) is 2.17. The van der Waals surface area contributed by atoms with Crippen LogP contribution in [-0.4, -0.2) is 22.3 Å². The van der Waals surface area contributed by atoms with Gasteiger partial charge in [-0.2, -0.15) is 0 Å². The van der Waals surface area contributed by atoms with Crippen molar-refractivity contribution in [3.8, 4) is 0 Å². The first-order chi connectivity index (χ1) is 10.2. The molecule has 102 valence electrons. The van der Waals surface area contributed by atoms with E-state index in [1.807, 2.05) is 11.4 Å². The van der Waals surface area contributed by atoms with Crippen molar-refractivity contribution in [3.05, 3.63) is 46.2 Å². The van der Waals surface area contributed by atoms with Gasteiger partial charge >= 0.3 is 11.9 Å². The molecule has 1 aliphatic heterocycles. The molecule has 1 aliphatic rings. The van der Waals surface area contributed by atoms with Crippen LogP contribution in [0.4, 0.5) is 0 Å². The van der Waals surface area contributed by atoms with Crippen molar-refractivity contribution in [1.29, 1.82) is 0 Å². The predicted octanol–water partition coefficient (Wildman–Crippen LogP) is 2.28. The third-order valence-corrected chi connectivity index (χ3v) is 4.04. The smallest absolute Gasteiger partial charge is 0.348 e. The second kappa shape index (κ2) is 4.35. The summed E-state index contributed by atoms with van der Waals surface area (Å²) >= 11 is 1.37. The topological polar surface area (TPSA) is 82.3 Å². The lowest BCUT2D eigenvalue weighted by Crippen LogP contribution is -2.01. The van der Waals surface area contributed by atoms with Gasteiger partial charge in [0.2, 0.25) is 0 Å². The highest BCUT2D eigenvalue weighted by molar-refractivity contribution is 7.11. The van der Waals surface area contributed by atoms with E-state index in [0.717, 1.165) is 0 Å². The van der Waals surface area contributed by atoms with Gasteiger partial charge in [0, 0.05) is 4.88 Å². The SMILES string of the molecule is O=C1OC(=O)C(c2cccs2)=C1c1ccc2nonc2c1. The maximum absolute atomic E-state index is 12.0. The molecular formula is C14H6N2O4S. The van der Waals surface area contributed by atoms with E-state index in [9.17, 15) is 9.59 Å². The average Bonchev–Trinajstić information content (AvgIpc) is 3.17. The monoisotopic (exact) mass is 298 g/mol. The van der Waals surface area contributed by atoms with Gasteiger partial charge in [-0.1, -0.05) is 12.1 Å². The van der Waals surface area contributed by atoms with Gasteiger partial charge in [-0.15, -0.1) is 11.3 Å². The fraction of sp³-hybridized carbons (Fsp3) is 0. The van der Waals surface area contributed by atoms with Gasteiger partial charge in [-0.3, -0.25) is 0 Å². The summed E-state index contributed by atoms with van der Waals surface area (Å²) in [4.78, 5) is 24.6. The van der Waals surface area contributed by atoms with Crippen molar-refractivity contribution in [3.63, 3.8) is 0 Å². The van der Waals surface area contributed by atoms with Crippen LogP contribution in [-0.2, 0) is 14.3 Å². The molecule has 3 aromatic rings. The second-order valence-corrected chi connectivity index (χ2v) is 5.32.